The molecule has 4 nitrogen and oxygen atoms in total. The van der Waals surface area contributed by atoms with Crippen LogP contribution in [0.25, 0.3) is 0 Å². The first kappa shape index (κ1) is 16.2. The normalized spacial score (nSPS) is 35.5. The quantitative estimate of drug-likeness (QED) is 0.794. The van der Waals surface area contributed by atoms with Gasteiger partial charge in [0.15, 0.2) is 0 Å². The van der Waals surface area contributed by atoms with E-state index >= 15 is 0 Å². The van der Waals surface area contributed by atoms with Gasteiger partial charge in [0.2, 0.25) is 0 Å². The maximum atomic E-state index is 9.76. The third-order valence-electron chi connectivity index (χ3n) is 5.93. The molecule has 2 rings (SSSR count). The van der Waals surface area contributed by atoms with Crippen molar-refractivity contribution in [3.05, 3.63) is 0 Å². The highest BCUT2D eigenvalue weighted by Crippen LogP contribution is 2.37. The van der Waals surface area contributed by atoms with Gasteiger partial charge in [-0.2, -0.15) is 0 Å². The number of nitrogens with one attached hydrogen (secondary N) is 1. The van der Waals surface area contributed by atoms with Crippen molar-refractivity contribution in [3.8, 4) is 0 Å². The average Bonchev–Trinajstić information content (AvgIpc) is 2.83. The highest BCUT2D eigenvalue weighted by Gasteiger charge is 2.41. The summed E-state index contributed by atoms with van der Waals surface area (Å²) in [7, 11) is 4.24. The number of hydrogen-bond acceptors (Lipinski definition) is 4. The molecule has 2 atom stereocenters. The van der Waals surface area contributed by atoms with E-state index in [-0.39, 0.29) is 17.7 Å². The maximum Gasteiger partial charge on any atom is 0.0615 e. The molecule has 0 radical (unpaired) electrons. The van der Waals surface area contributed by atoms with Gasteiger partial charge in [0.1, 0.15) is 0 Å². The zero-order valence-electron chi connectivity index (χ0n) is 13.8. The van der Waals surface area contributed by atoms with E-state index in [9.17, 15) is 5.11 Å². The number of aliphatic hydroxyl groups is 1. The largest absolute Gasteiger partial charge is 0.394 e. The Kier molecular flexibility index (Phi) is 5.11. The topological polar surface area (TPSA) is 38.7 Å². The van der Waals surface area contributed by atoms with Crippen molar-refractivity contribution < 1.29 is 5.11 Å². The van der Waals surface area contributed by atoms with E-state index in [4.69, 9.17) is 0 Å². The number of aliphatic hydroxyl groups excluding tert-OH is 1. The predicted octanol–water partition coefficient (Wildman–Crippen LogP) is 1.15. The van der Waals surface area contributed by atoms with Crippen LogP contribution in [0.4, 0.5) is 0 Å². The highest BCUT2D eigenvalue weighted by molar-refractivity contribution is 4.98. The van der Waals surface area contributed by atoms with E-state index in [0.717, 1.165) is 19.5 Å². The fourth-order valence-corrected chi connectivity index (χ4v) is 4.05. The van der Waals surface area contributed by atoms with Crippen molar-refractivity contribution in [1.29, 1.82) is 0 Å². The van der Waals surface area contributed by atoms with Crippen LogP contribution in [0.1, 0.15) is 39.5 Å². The Bertz CT molecular complexity index is 315. The van der Waals surface area contributed by atoms with Gasteiger partial charge in [-0.3, -0.25) is 4.90 Å². The Labute approximate surface area is 124 Å². The number of hydrogen-bond donors (Lipinski definition) is 2. The zero-order valence-corrected chi connectivity index (χ0v) is 13.8. The highest BCUT2D eigenvalue weighted by atomic mass is 16.3. The molecule has 1 heterocycles. The van der Waals surface area contributed by atoms with Crippen molar-refractivity contribution in [1.82, 2.24) is 15.1 Å². The summed E-state index contributed by atoms with van der Waals surface area (Å²) >= 11 is 0. The summed E-state index contributed by atoms with van der Waals surface area (Å²) in [5.74, 6) is 0.625. The Balaban J connectivity index is 1.86. The number of rotatable bonds is 5. The second kappa shape index (κ2) is 6.30. The van der Waals surface area contributed by atoms with Crippen molar-refractivity contribution in [2.75, 3.05) is 46.9 Å². The molecule has 0 bridgehead atoms. The minimum absolute atomic E-state index is 0.0118. The summed E-state index contributed by atoms with van der Waals surface area (Å²) in [6.45, 7) is 9.61. The van der Waals surface area contributed by atoms with Crippen LogP contribution in [0.15, 0.2) is 0 Å². The molecule has 0 amide bonds. The van der Waals surface area contributed by atoms with Gasteiger partial charge in [-0.1, -0.05) is 6.42 Å². The lowest BCUT2D eigenvalue weighted by Gasteiger charge is -2.46. The van der Waals surface area contributed by atoms with Crippen LogP contribution in [0.3, 0.4) is 0 Å². The molecule has 2 N–H and O–H groups in total. The Morgan fingerprint density at radius 3 is 2.65 bits per heavy atom. The van der Waals surface area contributed by atoms with Gasteiger partial charge >= 0.3 is 0 Å². The summed E-state index contributed by atoms with van der Waals surface area (Å²) in [6.07, 6.45) is 4.85. The second-order valence-corrected chi connectivity index (χ2v) is 7.45. The lowest BCUT2D eigenvalue weighted by atomic mass is 9.85. The molecule has 4 heteroatoms. The van der Waals surface area contributed by atoms with Gasteiger partial charge in [0.25, 0.3) is 0 Å². The van der Waals surface area contributed by atoms with Crippen LogP contribution in [0.2, 0.25) is 0 Å². The first-order valence-corrected chi connectivity index (χ1v) is 8.17. The molecule has 1 saturated carbocycles. The number of piperazine rings is 1. The van der Waals surface area contributed by atoms with E-state index in [1.54, 1.807) is 0 Å². The van der Waals surface area contributed by atoms with Gasteiger partial charge in [-0.05, 0) is 59.7 Å². The van der Waals surface area contributed by atoms with Crippen molar-refractivity contribution >= 4 is 0 Å². The summed E-state index contributed by atoms with van der Waals surface area (Å²) in [5, 5.41) is 13.2. The third-order valence-corrected chi connectivity index (χ3v) is 5.93. The summed E-state index contributed by atoms with van der Waals surface area (Å²) < 4.78 is 0. The van der Waals surface area contributed by atoms with Crippen LogP contribution < -0.4 is 5.32 Å². The predicted molar refractivity (Wildman–Crippen MR) is 84.0 cm³/mol. The molecule has 0 aromatic rings. The maximum absolute atomic E-state index is 9.76. The van der Waals surface area contributed by atoms with Crippen molar-refractivity contribution in [2.24, 2.45) is 5.92 Å². The molecular formula is C16H33N3O. The molecule has 0 aromatic carbocycles. The molecule has 1 aliphatic carbocycles. The van der Waals surface area contributed by atoms with Crippen LogP contribution in [-0.2, 0) is 0 Å². The van der Waals surface area contributed by atoms with E-state index in [0.29, 0.717) is 5.92 Å². The Hall–Kier alpha value is -0.160. The minimum Gasteiger partial charge on any atom is -0.394 e. The first-order chi connectivity index (χ1) is 9.43. The molecular weight excluding hydrogens is 250 g/mol. The van der Waals surface area contributed by atoms with E-state index < -0.39 is 0 Å². The van der Waals surface area contributed by atoms with Crippen LogP contribution in [0, 0.1) is 5.92 Å². The average molecular weight is 283 g/mol. The Morgan fingerprint density at radius 2 is 2.05 bits per heavy atom. The molecule has 2 aliphatic rings. The zero-order chi connectivity index (χ0) is 14.8. The molecule has 0 aromatic heterocycles. The van der Waals surface area contributed by atoms with Gasteiger partial charge in [0, 0.05) is 30.7 Å². The fourth-order valence-electron chi connectivity index (χ4n) is 4.05. The Morgan fingerprint density at radius 1 is 1.30 bits per heavy atom. The third kappa shape index (κ3) is 3.19. The lowest BCUT2D eigenvalue weighted by Crippen LogP contribution is -2.58. The van der Waals surface area contributed by atoms with Crippen LogP contribution in [0.5, 0.6) is 0 Å². The number of likely N-dealkylation sites (N-methyl/N-ethyl adjacent to an activating group) is 2. The molecule has 2 fully saturated rings. The first-order valence-electron chi connectivity index (χ1n) is 8.17. The van der Waals surface area contributed by atoms with E-state index in [2.05, 4.69) is 36.0 Å². The van der Waals surface area contributed by atoms with Gasteiger partial charge in [0.05, 0.1) is 6.61 Å². The molecule has 2 unspecified atom stereocenters. The fraction of sp³-hybridized carbons (Fsp3) is 1.00. The van der Waals surface area contributed by atoms with Gasteiger partial charge < -0.3 is 15.3 Å². The monoisotopic (exact) mass is 283 g/mol. The molecule has 1 saturated heterocycles. The molecule has 118 valence electrons. The summed E-state index contributed by atoms with van der Waals surface area (Å²) in [4.78, 5) is 5.07. The smallest absolute Gasteiger partial charge is 0.0615 e. The van der Waals surface area contributed by atoms with Gasteiger partial charge in [-0.15, -0.1) is 0 Å². The molecule has 0 spiro atoms. The van der Waals surface area contributed by atoms with Crippen molar-refractivity contribution in [3.63, 3.8) is 0 Å². The van der Waals surface area contributed by atoms with E-state index in [1.165, 1.54) is 32.4 Å². The standard InChI is InChI=1S/C16H33N3O/c1-15(2)12-19(11-10-18(15)4)9-7-14-6-5-8-16(14,13-20)17-3/h14,17,20H,5-13H2,1-4H3. The van der Waals surface area contributed by atoms with E-state index in [1.807, 2.05) is 7.05 Å². The molecule has 1 aliphatic heterocycles. The summed E-state index contributed by atoms with van der Waals surface area (Å²) in [6, 6.07) is 0. The van der Waals surface area contributed by atoms with Gasteiger partial charge in [-0.25, -0.2) is 0 Å². The molecule has 20 heavy (non-hydrogen) atoms. The second-order valence-electron chi connectivity index (χ2n) is 7.45. The van der Waals surface area contributed by atoms with Crippen LogP contribution >= 0.6 is 0 Å². The number of nitrogens with zero attached hydrogens (tertiary/aromatic N) is 2. The minimum atomic E-state index is -0.0118. The summed E-state index contributed by atoms with van der Waals surface area (Å²) in [5.41, 5.74) is 0.271. The lowest BCUT2D eigenvalue weighted by molar-refractivity contribution is 0.0330. The SMILES string of the molecule is CNC1(CO)CCCC1CCN1CCN(C)C(C)(C)C1. The van der Waals surface area contributed by atoms with Crippen LogP contribution in [-0.4, -0.2) is 72.9 Å². The van der Waals surface area contributed by atoms with Crippen molar-refractivity contribution in [2.45, 2.75) is 50.6 Å².